The lowest BCUT2D eigenvalue weighted by Crippen LogP contribution is -2.37. The Morgan fingerprint density at radius 1 is 1.60 bits per heavy atom. The van der Waals surface area contributed by atoms with Gasteiger partial charge in [-0.1, -0.05) is 13.3 Å². The Kier molecular flexibility index (Phi) is 5.25. The molecule has 2 atom stereocenters. The van der Waals surface area contributed by atoms with E-state index >= 15 is 0 Å². The molecule has 1 heterocycles. The molecular formula is C11H20N2OS. The van der Waals surface area contributed by atoms with Crippen LogP contribution in [-0.2, 0) is 4.74 Å². The number of rotatable bonds is 6. The van der Waals surface area contributed by atoms with Crippen LogP contribution in [0.4, 0.5) is 0 Å². The molecule has 15 heavy (non-hydrogen) atoms. The number of ether oxygens (including phenoxy) is 1. The first-order valence-corrected chi connectivity index (χ1v) is 6.15. The second-order valence-electron chi connectivity index (χ2n) is 3.64. The third kappa shape index (κ3) is 3.01. The number of hydrogen-bond acceptors (Lipinski definition) is 4. The molecule has 0 fully saturated rings. The monoisotopic (exact) mass is 228 g/mol. The number of nitrogens with two attached hydrogens (primary N) is 1. The topological polar surface area (TPSA) is 47.3 Å². The molecule has 3 nitrogen and oxygen atoms in total. The fourth-order valence-electron chi connectivity index (χ4n) is 1.82. The Labute approximate surface area is 95.6 Å². The SMILES string of the molecule is CCCC(OC)C(NN)c1ccsc1C. The minimum atomic E-state index is 0.0983. The average molecular weight is 228 g/mol. The maximum Gasteiger partial charge on any atom is 0.0779 e. The highest BCUT2D eigenvalue weighted by Crippen LogP contribution is 2.27. The zero-order valence-electron chi connectivity index (χ0n) is 9.62. The Morgan fingerprint density at radius 3 is 2.73 bits per heavy atom. The van der Waals surface area contributed by atoms with E-state index in [4.69, 9.17) is 10.6 Å². The number of hydrogen-bond donors (Lipinski definition) is 2. The molecule has 0 saturated heterocycles. The van der Waals surface area contributed by atoms with Crippen molar-refractivity contribution >= 4 is 11.3 Å². The van der Waals surface area contributed by atoms with E-state index in [-0.39, 0.29) is 12.1 Å². The fraction of sp³-hybridized carbons (Fsp3) is 0.636. The summed E-state index contributed by atoms with van der Waals surface area (Å²) in [6.45, 7) is 4.27. The zero-order chi connectivity index (χ0) is 11.3. The lowest BCUT2D eigenvalue weighted by atomic mass is 9.99. The molecule has 0 amide bonds. The summed E-state index contributed by atoms with van der Waals surface area (Å²) in [4.78, 5) is 1.30. The van der Waals surface area contributed by atoms with Crippen LogP contribution in [-0.4, -0.2) is 13.2 Å². The van der Waals surface area contributed by atoms with Crippen molar-refractivity contribution in [1.82, 2.24) is 5.43 Å². The highest BCUT2D eigenvalue weighted by molar-refractivity contribution is 7.10. The lowest BCUT2D eigenvalue weighted by Gasteiger charge is -2.25. The van der Waals surface area contributed by atoms with Crippen molar-refractivity contribution in [3.8, 4) is 0 Å². The van der Waals surface area contributed by atoms with Gasteiger partial charge in [-0.05, 0) is 30.4 Å². The standard InChI is InChI=1S/C11H20N2OS/c1-4-5-10(14-3)11(13-12)9-6-7-15-8(9)2/h6-7,10-11,13H,4-5,12H2,1-3H3. The van der Waals surface area contributed by atoms with Crippen molar-refractivity contribution in [2.45, 2.75) is 38.8 Å². The number of aryl methyl sites for hydroxylation is 1. The smallest absolute Gasteiger partial charge is 0.0779 e. The molecule has 2 unspecified atom stereocenters. The Bertz CT molecular complexity index is 288. The summed E-state index contributed by atoms with van der Waals surface area (Å²) in [7, 11) is 1.74. The third-order valence-electron chi connectivity index (χ3n) is 2.66. The third-order valence-corrected chi connectivity index (χ3v) is 3.52. The highest BCUT2D eigenvalue weighted by Gasteiger charge is 2.22. The fourth-order valence-corrected chi connectivity index (χ4v) is 2.57. The van der Waals surface area contributed by atoms with Gasteiger partial charge in [0, 0.05) is 12.0 Å². The van der Waals surface area contributed by atoms with Crippen LogP contribution in [0.1, 0.15) is 36.2 Å². The summed E-state index contributed by atoms with van der Waals surface area (Å²) in [5.74, 6) is 5.61. The molecule has 4 heteroatoms. The molecule has 1 aromatic heterocycles. The van der Waals surface area contributed by atoms with E-state index < -0.39 is 0 Å². The normalized spacial score (nSPS) is 15.2. The molecule has 0 spiro atoms. The quantitative estimate of drug-likeness (QED) is 0.580. The highest BCUT2D eigenvalue weighted by atomic mass is 32.1. The summed E-state index contributed by atoms with van der Waals surface area (Å²) in [6.07, 6.45) is 2.26. The van der Waals surface area contributed by atoms with Crippen molar-refractivity contribution in [2.24, 2.45) is 5.84 Å². The molecule has 1 aromatic rings. The summed E-state index contributed by atoms with van der Waals surface area (Å²) in [6, 6.07) is 2.22. The van der Waals surface area contributed by atoms with Crippen LogP contribution in [0.5, 0.6) is 0 Å². The van der Waals surface area contributed by atoms with Gasteiger partial charge in [0.15, 0.2) is 0 Å². The summed E-state index contributed by atoms with van der Waals surface area (Å²) in [5, 5.41) is 2.09. The molecule has 0 aliphatic carbocycles. The first-order valence-electron chi connectivity index (χ1n) is 5.27. The van der Waals surface area contributed by atoms with E-state index in [0.717, 1.165) is 12.8 Å². The van der Waals surface area contributed by atoms with E-state index in [0.29, 0.717) is 0 Å². The van der Waals surface area contributed by atoms with E-state index in [9.17, 15) is 0 Å². The Balaban J connectivity index is 2.82. The van der Waals surface area contributed by atoms with Gasteiger partial charge in [-0.2, -0.15) is 0 Å². The van der Waals surface area contributed by atoms with E-state index in [1.807, 2.05) is 0 Å². The minimum Gasteiger partial charge on any atom is -0.379 e. The van der Waals surface area contributed by atoms with Gasteiger partial charge in [0.25, 0.3) is 0 Å². The molecule has 0 aromatic carbocycles. The maximum absolute atomic E-state index is 5.61. The molecule has 1 rings (SSSR count). The van der Waals surface area contributed by atoms with Gasteiger partial charge in [0.1, 0.15) is 0 Å². The number of thiophene rings is 1. The van der Waals surface area contributed by atoms with Crippen LogP contribution in [0, 0.1) is 6.92 Å². The predicted octanol–water partition coefficient (Wildman–Crippen LogP) is 2.38. The van der Waals surface area contributed by atoms with Gasteiger partial charge in [0.05, 0.1) is 12.1 Å². The van der Waals surface area contributed by atoms with Crippen molar-refractivity contribution in [2.75, 3.05) is 7.11 Å². The molecule has 0 aliphatic heterocycles. The van der Waals surface area contributed by atoms with Crippen LogP contribution < -0.4 is 11.3 Å². The van der Waals surface area contributed by atoms with Gasteiger partial charge >= 0.3 is 0 Å². The van der Waals surface area contributed by atoms with Gasteiger partial charge in [-0.25, -0.2) is 0 Å². The second-order valence-corrected chi connectivity index (χ2v) is 4.76. The largest absolute Gasteiger partial charge is 0.379 e. The first kappa shape index (κ1) is 12.6. The predicted molar refractivity (Wildman–Crippen MR) is 64.8 cm³/mol. The van der Waals surface area contributed by atoms with Crippen molar-refractivity contribution < 1.29 is 4.74 Å². The van der Waals surface area contributed by atoms with Crippen LogP contribution in [0.2, 0.25) is 0 Å². The van der Waals surface area contributed by atoms with Gasteiger partial charge < -0.3 is 4.74 Å². The summed E-state index contributed by atoms with van der Waals surface area (Å²) in [5.41, 5.74) is 4.12. The van der Waals surface area contributed by atoms with Crippen LogP contribution in [0.25, 0.3) is 0 Å². The van der Waals surface area contributed by atoms with E-state index in [1.54, 1.807) is 18.4 Å². The van der Waals surface area contributed by atoms with Crippen molar-refractivity contribution in [3.63, 3.8) is 0 Å². The molecule has 86 valence electrons. The van der Waals surface area contributed by atoms with E-state index in [1.165, 1.54) is 10.4 Å². The van der Waals surface area contributed by atoms with Crippen molar-refractivity contribution in [3.05, 3.63) is 21.9 Å². The molecular weight excluding hydrogens is 208 g/mol. The molecule has 0 bridgehead atoms. The number of hydrazine groups is 1. The van der Waals surface area contributed by atoms with Gasteiger partial charge in [-0.3, -0.25) is 11.3 Å². The van der Waals surface area contributed by atoms with Crippen LogP contribution >= 0.6 is 11.3 Å². The lowest BCUT2D eigenvalue weighted by molar-refractivity contribution is 0.0606. The first-order chi connectivity index (χ1) is 7.24. The maximum atomic E-state index is 5.61. The minimum absolute atomic E-state index is 0.0983. The Morgan fingerprint density at radius 2 is 2.33 bits per heavy atom. The Hall–Kier alpha value is -0.420. The van der Waals surface area contributed by atoms with Crippen molar-refractivity contribution in [1.29, 1.82) is 0 Å². The number of methoxy groups -OCH3 is 1. The number of nitrogens with one attached hydrogen (secondary N) is 1. The van der Waals surface area contributed by atoms with E-state index in [2.05, 4.69) is 30.7 Å². The second kappa shape index (κ2) is 6.23. The average Bonchev–Trinajstić information content (AvgIpc) is 2.65. The van der Waals surface area contributed by atoms with Crippen LogP contribution in [0.15, 0.2) is 11.4 Å². The molecule has 0 aliphatic rings. The van der Waals surface area contributed by atoms with Gasteiger partial charge in [-0.15, -0.1) is 11.3 Å². The van der Waals surface area contributed by atoms with Gasteiger partial charge in [0.2, 0.25) is 0 Å². The molecule has 3 N–H and O–H groups in total. The zero-order valence-corrected chi connectivity index (χ0v) is 10.4. The molecule has 0 radical (unpaired) electrons. The summed E-state index contributed by atoms with van der Waals surface area (Å²) < 4.78 is 5.48. The molecule has 0 saturated carbocycles. The summed E-state index contributed by atoms with van der Waals surface area (Å²) >= 11 is 1.74. The van der Waals surface area contributed by atoms with Crippen LogP contribution in [0.3, 0.4) is 0 Å².